The number of carbonyl (C=O) groups is 1. The molecule has 9 heteroatoms. The first-order valence-electron chi connectivity index (χ1n) is 7.99. The van der Waals surface area contributed by atoms with Crippen LogP contribution in [0.5, 0.6) is 5.75 Å². The summed E-state index contributed by atoms with van der Waals surface area (Å²) in [4.78, 5) is 12.0. The van der Waals surface area contributed by atoms with Crippen molar-refractivity contribution in [2.24, 2.45) is 0 Å². The van der Waals surface area contributed by atoms with Gasteiger partial charge >= 0.3 is 7.60 Å². The van der Waals surface area contributed by atoms with Gasteiger partial charge in [0, 0.05) is 11.8 Å². The highest BCUT2D eigenvalue weighted by molar-refractivity contribution is 7.53. The normalized spacial score (nSPS) is 12.1. The fourth-order valence-corrected chi connectivity index (χ4v) is 3.28. The number of aliphatic hydroxyl groups is 1. The summed E-state index contributed by atoms with van der Waals surface area (Å²) in [5.74, 6) is -0.731. The summed E-state index contributed by atoms with van der Waals surface area (Å²) in [6, 6.07) is 6.47. The van der Waals surface area contributed by atoms with E-state index in [4.69, 9.17) is 19.0 Å². The summed E-state index contributed by atoms with van der Waals surface area (Å²) in [7, 11) is -3.37. The largest absolute Gasteiger partial charge is 0.511 e. The van der Waals surface area contributed by atoms with E-state index in [9.17, 15) is 14.5 Å². The van der Waals surface area contributed by atoms with Crippen molar-refractivity contribution in [2.75, 3.05) is 24.9 Å². The number of aryl methyl sites for hydroxylation is 1. The molecule has 0 atom stereocenters. The lowest BCUT2D eigenvalue weighted by atomic mass is 10.2. The van der Waals surface area contributed by atoms with Gasteiger partial charge in [-0.1, -0.05) is 6.07 Å². The molecule has 1 rings (SSSR count). The van der Waals surface area contributed by atoms with Gasteiger partial charge in [-0.25, -0.2) is 0 Å². The number of anilines is 1. The first-order chi connectivity index (χ1) is 12.3. The second-order valence-corrected chi connectivity index (χ2v) is 7.22. The molecule has 0 radical (unpaired) electrons. The van der Waals surface area contributed by atoms with Crippen LogP contribution in [-0.4, -0.2) is 30.6 Å². The molecule has 0 saturated carbocycles. The Labute approximate surface area is 152 Å². The highest BCUT2D eigenvalue weighted by atomic mass is 31.2. The zero-order valence-corrected chi connectivity index (χ0v) is 16.1. The van der Waals surface area contributed by atoms with Crippen LogP contribution in [0.15, 0.2) is 29.5 Å². The number of benzene rings is 1. The van der Waals surface area contributed by atoms with Crippen molar-refractivity contribution in [3.05, 3.63) is 35.1 Å². The van der Waals surface area contributed by atoms with E-state index in [-0.39, 0.29) is 30.9 Å². The van der Waals surface area contributed by atoms with E-state index in [1.807, 2.05) is 0 Å². The summed E-state index contributed by atoms with van der Waals surface area (Å²) >= 11 is 0. The topological polar surface area (TPSA) is 118 Å². The number of allylic oxidation sites excluding steroid dienone is 1. The van der Waals surface area contributed by atoms with Crippen LogP contribution < -0.4 is 10.1 Å². The van der Waals surface area contributed by atoms with Gasteiger partial charge in [0.15, 0.2) is 11.9 Å². The predicted molar refractivity (Wildman–Crippen MR) is 97.1 cm³/mol. The minimum atomic E-state index is -3.37. The van der Waals surface area contributed by atoms with Crippen LogP contribution in [0.25, 0.3) is 0 Å². The number of ether oxygens (including phenoxy) is 1. The second-order valence-electron chi connectivity index (χ2n) is 5.23. The van der Waals surface area contributed by atoms with E-state index < -0.39 is 13.5 Å². The smallest absolute Gasteiger partial charge is 0.367 e. The van der Waals surface area contributed by atoms with Gasteiger partial charge in [-0.3, -0.25) is 9.36 Å². The number of carbonyl (C=O) groups excluding carboxylic acids is 1. The number of nitrogens with one attached hydrogen (secondary N) is 1. The molecule has 0 bridgehead atoms. The van der Waals surface area contributed by atoms with Gasteiger partial charge < -0.3 is 24.2 Å². The summed E-state index contributed by atoms with van der Waals surface area (Å²) < 4.78 is 28.4. The molecule has 0 aliphatic heterocycles. The maximum absolute atomic E-state index is 12.5. The van der Waals surface area contributed by atoms with Crippen molar-refractivity contribution < 1.29 is 28.3 Å². The molecule has 0 aromatic heterocycles. The average Bonchev–Trinajstić information content (AvgIpc) is 2.56. The average molecular weight is 382 g/mol. The molecule has 0 heterocycles. The molecule has 2 N–H and O–H groups in total. The summed E-state index contributed by atoms with van der Waals surface area (Å²) in [5, 5.41) is 20.8. The minimum absolute atomic E-state index is 0.222. The molecule has 0 spiro atoms. The Hall–Kier alpha value is -2.33. The lowest BCUT2D eigenvalue weighted by Crippen LogP contribution is -2.15. The molecule has 8 nitrogen and oxygen atoms in total. The van der Waals surface area contributed by atoms with Crippen molar-refractivity contribution in [3.8, 4) is 11.8 Å². The number of hydrogen-bond donors (Lipinski definition) is 2. The Morgan fingerprint density at radius 1 is 1.31 bits per heavy atom. The minimum Gasteiger partial charge on any atom is -0.511 e. The highest BCUT2D eigenvalue weighted by Gasteiger charge is 2.25. The fourth-order valence-electron chi connectivity index (χ4n) is 1.98. The van der Waals surface area contributed by atoms with Crippen LogP contribution in [0, 0.1) is 18.3 Å². The Morgan fingerprint density at radius 3 is 2.42 bits per heavy atom. The van der Waals surface area contributed by atoms with Crippen molar-refractivity contribution in [1.82, 2.24) is 0 Å². The van der Waals surface area contributed by atoms with E-state index in [0.29, 0.717) is 11.4 Å². The van der Waals surface area contributed by atoms with Crippen LogP contribution in [0.2, 0.25) is 0 Å². The molecule has 1 aromatic rings. The Morgan fingerprint density at radius 2 is 1.92 bits per heavy atom. The first kappa shape index (κ1) is 21.7. The molecule has 0 unspecified atom stereocenters. The third kappa shape index (κ3) is 6.19. The number of hydrogen-bond acceptors (Lipinski definition) is 7. The number of nitriles is 1. The van der Waals surface area contributed by atoms with Crippen molar-refractivity contribution >= 4 is 19.2 Å². The first-order valence-corrected chi connectivity index (χ1v) is 9.72. The van der Waals surface area contributed by atoms with E-state index in [1.165, 1.54) is 13.0 Å². The molecule has 0 aliphatic carbocycles. The van der Waals surface area contributed by atoms with Gasteiger partial charge in [0.05, 0.1) is 13.2 Å². The number of aliphatic hydroxyl groups excluding tert-OH is 1. The molecule has 1 aromatic carbocycles. The lowest BCUT2D eigenvalue weighted by Gasteiger charge is -2.18. The van der Waals surface area contributed by atoms with Crippen molar-refractivity contribution in [2.45, 2.75) is 27.7 Å². The van der Waals surface area contributed by atoms with Gasteiger partial charge in [0.25, 0.3) is 5.91 Å². The lowest BCUT2D eigenvalue weighted by molar-refractivity contribution is -0.112. The molecule has 0 saturated heterocycles. The monoisotopic (exact) mass is 382 g/mol. The van der Waals surface area contributed by atoms with Crippen LogP contribution in [0.3, 0.4) is 0 Å². The zero-order chi connectivity index (χ0) is 19.7. The third-order valence-corrected chi connectivity index (χ3v) is 4.92. The summed E-state index contributed by atoms with van der Waals surface area (Å²) in [6.07, 6.45) is -0.272. The molecular weight excluding hydrogens is 359 g/mol. The molecular formula is C17H23N2O6P. The number of rotatable bonds is 9. The van der Waals surface area contributed by atoms with Gasteiger partial charge in [-0.05, 0) is 39.3 Å². The maximum Gasteiger partial charge on any atom is 0.367 e. The van der Waals surface area contributed by atoms with Gasteiger partial charge in [0.2, 0.25) is 0 Å². The standard InChI is InChI=1S/C17H23N2O6P/c1-5-24-26(22,25-6-2)11-23-16-9-14(8-7-12(16)3)19-17(21)15(10-18)13(4)20/h7-9,20H,5-6,11H2,1-4H3,(H,19,21)/b15-13+. The van der Waals surface area contributed by atoms with E-state index in [0.717, 1.165) is 5.56 Å². The van der Waals surface area contributed by atoms with Crippen LogP contribution in [-0.2, 0) is 18.4 Å². The molecule has 26 heavy (non-hydrogen) atoms. The zero-order valence-electron chi connectivity index (χ0n) is 15.2. The molecule has 142 valence electrons. The maximum atomic E-state index is 12.5. The molecule has 0 aliphatic rings. The Kier molecular flexibility index (Phi) is 8.33. The van der Waals surface area contributed by atoms with E-state index in [2.05, 4.69) is 5.32 Å². The van der Waals surface area contributed by atoms with Gasteiger partial charge in [0.1, 0.15) is 17.6 Å². The van der Waals surface area contributed by atoms with Crippen molar-refractivity contribution in [1.29, 1.82) is 5.26 Å². The second kappa shape index (κ2) is 9.97. The Bertz CT molecular complexity index is 755. The Balaban J connectivity index is 2.94. The van der Waals surface area contributed by atoms with Crippen LogP contribution in [0.1, 0.15) is 26.3 Å². The number of amides is 1. The quantitative estimate of drug-likeness (QED) is 0.288. The summed E-state index contributed by atoms with van der Waals surface area (Å²) in [5.41, 5.74) is 0.717. The molecule has 0 fully saturated rings. The van der Waals surface area contributed by atoms with Crippen molar-refractivity contribution in [3.63, 3.8) is 0 Å². The van der Waals surface area contributed by atoms with Crippen LogP contribution >= 0.6 is 7.60 Å². The SMILES string of the molecule is CCOP(=O)(COc1cc(NC(=O)/C(C#N)=C(\C)O)ccc1C)OCC. The van der Waals surface area contributed by atoms with E-state index in [1.54, 1.807) is 39.0 Å². The number of nitrogens with zero attached hydrogens (tertiary/aromatic N) is 1. The third-order valence-electron chi connectivity index (χ3n) is 3.18. The highest BCUT2D eigenvalue weighted by Crippen LogP contribution is 2.48. The summed E-state index contributed by atoms with van der Waals surface area (Å²) in [6.45, 7) is 6.89. The van der Waals surface area contributed by atoms with Crippen LogP contribution in [0.4, 0.5) is 5.69 Å². The van der Waals surface area contributed by atoms with E-state index >= 15 is 0 Å². The van der Waals surface area contributed by atoms with Gasteiger partial charge in [-0.2, -0.15) is 5.26 Å². The predicted octanol–water partition coefficient (Wildman–Crippen LogP) is 3.89. The van der Waals surface area contributed by atoms with Gasteiger partial charge in [-0.15, -0.1) is 0 Å². The molecule has 1 amide bonds. The fraction of sp³-hybridized carbons (Fsp3) is 0.412.